The molecule has 0 unspecified atom stereocenters. The molecule has 1 amide bonds. The van der Waals surface area contributed by atoms with E-state index in [2.05, 4.69) is 32.6 Å². The first-order valence-electron chi connectivity index (χ1n) is 5.31. The number of carbonyl (C=O) groups is 1. The average Bonchev–Trinajstić information content (AvgIpc) is 2.34. The molecule has 1 rings (SSSR count). The summed E-state index contributed by atoms with van der Waals surface area (Å²) in [7, 11) is 1.62. The summed E-state index contributed by atoms with van der Waals surface area (Å²) in [4.78, 5) is 11.0. The van der Waals surface area contributed by atoms with Gasteiger partial charge in [0.15, 0.2) is 0 Å². The lowest BCUT2D eigenvalue weighted by molar-refractivity contribution is -0.120. The van der Waals surface area contributed by atoms with Crippen LogP contribution in [0, 0.1) is 11.3 Å². The number of benzene rings is 1. The van der Waals surface area contributed by atoms with E-state index >= 15 is 0 Å². The van der Waals surface area contributed by atoms with E-state index in [1.807, 2.05) is 12.1 Å². The van der Waals surface area contributed by atoms with Crippen LogP contribution < -0.4 is 10.6 Å². The van der Waals surface area contributed by atoms with Crippen LogP contribution in [-0.2, 0) is 4.79 Å². The highest BCUT2D eigenvalue weighted by atomic mass is 79.9. The highest BCUT2D eigenvalue weighted by Crippen LogP contribution is 2.20. The Hall–Kier alpha value is -1.54. The van der Waals surface area contributed by atoms with Crippen LogP contribution in [0.15, 0.2) is 22.7 Å². The van der Waals surface area contributed by atoms with Gasteiger partial charge in [-0.15, -0.1) is 0 Å². The molecule has 0 aromatic heterocycles. The fraction of sp³-hybridized carbons (Fsp3) is 0.333. The van der Waals surface area contributed by atoms with E-state index in [4.69, 9.17) is 5.26 Å². The largest absolute Gasteiger partial charge is 0.384 e. The zero-order valence-corrected chi connectivity index (χ0v) is 11.2. The molecule has 0 heterocycles. The lowest BCUT2D eigenvalue weighted by Gasteiger charge is -2.08. The Kier molecular flexibility index (Phi) is 5.50. The Labute approximate surface area is 109 Å². The van der Waals surface area contributed by atoms with E-state index in [-0.39, 0.29) is 5.91 Å². The van der Waals surface area contributed by atoms with Gasteiger partial charge in [-0.3, -0.25) is 4.79 Å². The van der Waals surface area contributed by atoms with Gasteiger partial charge < -0.3 is 10.6 Å². The topological polar surface area (TPSA) is 64.9 Å². The van der Waals surface area contributed by atoms with Gasteiger partial charge in [0.25, 0.3) is 0 Å². The lowest BCUT2D eigenvalue weighted by atomic mass is 10.2. The molecule has 0 spiro atoms. The highest BCUT2D eigenvalue weighted by Gasteiger charge is 2.02. The van der Waals surface area contributed by atoms with Crippen molar-refractivity contribution in [3.8, 4) is 6.07 Å². The van der Waals surface area contributed by atoms with Crippen molar-refractivity contribution in [3.63, 3.8) is 0 Å². The fourth-order valence-corrected chi connectivity index (χ4v) is 1.72. The second-order valence-electron chi connectivity index (χ2n) is 3.51. The number of amides is 1. The average molecular weight is 296 g/mol. The van der Waals surface area contributed by atoms with E-state index in [1.54, 1.807) is 13.1 Å². The normalized spacial score (nSPS) is 9.47. The van der Waals surface area contributed by atoms with E-state index in [9.17, 15) is 4.79 Å². The summed E-state index contributed by atoms with van der Waals surface area (Å²) in [6, 6.07) is 7.56. The number of carbonyl (C=O) groups excluding carboxylic acids is 1. The van der Waals surface area contributed by atoms with Gasteiger partial charge in [-0.25, -0.2) is 0 Å². The first kappa shape index (κ1) is 13.5. The molecule has 0 saturated carbocycles. The fourth-order valence-electron chi connectivity index (χ4n) is 1.36. The number of halogens is 1. The minimum Gasteiger partial charge on any atom is -0.384 e. The Morgan fingerprint density at radius 2 is 2.29 bits per heavy atom. The van der Waals surface area contributed by atoms with Crippen LogP contribution in [-0.4, -0.2) is 19.5 Å². The first-order valence-corrected chi connectivity index (χ1v) is 6.10. The van der Waals surface area contributed by atoms with Crippen molar-refractivity contribution < 1.29 is 4.79 Å². The van der Waals surface area contributed by atoms with E-state index in [0.717, 1.165) is 16.6 Å². The first-order chi connectivity index (χ1) is 8.17. The van der Waals surface area contributed by atoms with Crippen LogP contribution in [0.2, 0.25) is 0 Å². The predicted molar refractivity (Wildman–Crippen MR) is 70.6 cm³/mol. The lowest BCUT2D eigenvalue weighted by Crippen LogP contribution is -2.18. The zero-order chi connectivity index (χ0) is 12.7. The van der Waals surface area contributed by atoms with Gasteiger partial charge in [-0.05, 0) is 24.6 Å². The zero-order valence-electron chi connectivity index (χ0n) is 9.59. The van der Waals surface area contributed by atoms with Crippen molar-refractivity contribution >= 4 is 27.5 Å². The third-order valence-electron chi connectivity index (χ3n) is 2.28. The second-order valence-corrected chi connectivity index (χ2v) is 4.42. The molecule has 0 aliphatic heterocycles. The third kappa shape index (κ3) is 4.45. The molecular weight excluding hydrogens is 282 g/mol. The van der Waals surface area contributed by atoms with Crippen LogP contribution in [0.3, 0.4) is 0 Å². The van der Waals surface area contributed by atoms with Crippen molar-refractivity contribution in [2.24, 2.45) is 0 Å². The van der Waals surface area contributed by atoms with Gasteiger partial charge in [0.1, 0.15) is 6.07 Å². The van der Waals surface area contributed by atoms with Gasteiger partial charge in [-0.2, -0.15) is 5.26 Å². The predicted octanol–water partition coefficient (Wildman–Crippen LogP) is 2.26. The van der Waals surface area contributed by atoms with Crippen molar-refractivity contribution in [1.29, 1.82) is 5.26 Å². The number of hydrogen-bond acceptors (Lipinski definition) is 3. The number of hydrogen-bond donors (Lipinski definition) is 2. The molecule has 0 aliphatic carbocycles. The quantitative estimate of drug-likeness (QED) is 0.819. The highest BCUT2D eigenvalue weighted by molar-refractivity contribution is 9.10. The van der Waals surface area contributed by atoms with Gasteiger partial charge >= 0.3 is 0 Å². The molecule has 5 heteroatoms. The summed E-state index contributed by atoms with van der Waals surface area (Å²) in [5.41, 5.74) is 1.40. The minimum absolute atomic E-state index is 0.0292. The molecule has 0 fully saturated rings. The SMILES string of the molecule is CNC(=O)CCCNc1cc(Br)ccc1C#N. The van der Waals surface area contributed by atoms with Crippen LogP contribution >= 0.6 is 15.9 Å². The van der Waals surface area contributed by atoms with Crippen molar-refractivity contribution in [3.05, 3.63) is 28.2 Å². The van der Waals surface area contributed by atoms with Gasteiger partial charge in [0.05, 0.1) is 11.3 Å². The van der Waals surface area contributed by atoms with E-state index in [1.165, 1.54) is 0 Å². The standard InChI is InChI=1S/C12H14BrN3O/c1-15-12(17)3-2-6-16-11-7-10(13)5-4-9(11)8-14/h4-5,7,16H,2-3,6H2,1H3,(H,15,17). The monoisotopic (exact) mass is 295 g/mol. The summed E-state index contributed by atoms with van der Waals surface area (Å²) in [5, 5.41) is 14.6. The Morgan fingerprint density at radius 3 is 2.94 bits per heavy atom. The van der Waals surface area contributed by atoms with Gasteiger partial charge in [0.2, 0.25) is 5.91 Å². The summed E-state index contributed by atoms with van der Waals surface area (Å²) in [5.74, 6) is 0.0292. The molecule has 4 nitrogen and oxygen atoms in total. The van der Waals surface area contributed by atoms with Crippen LogP contribution in [0.5, 0.6) is 0 Å². The molecule has 17 heavy (non-hydrogen) atoms. The number of nitriles is 1. The number of rotatable bonds is 5. The van der Waals surface area contributed by atoms with Crippen LogP contribution in [0.4, 0.5) is 5.69 Å². The van der Waals surface area contributed by atoms with E-state index in [0.29, 0.717) is 18.5 Å². The molecule has 0 atom stereocenters. The Balaban J connectivity index is 2.49. The van der Waals surface area contributed by atoms with Gasteiger partial charge in [0, 0.05) is 24.5 Å². The summed E-state index contributed by atoms with van der Waals surface area (Å²) in [6.07, 6.45) is 1.22. The molecule has 0 bridgehead atoms. The van der Waals surface area contributed by atoms with Crippen molar-refractivity contribution in [2.45, 2.75) is 12.8 Å². The third-order valence-corrected chi connectivity index (χ3v) is 2.77. The molecule has 1 aromatic rings. The number of nitrogens with zero attached hydrogens (tertiary/aromatic N) is 1. The molecular formula is C12H14BrN3O. The summed E-state index contributed by atoms with van der Waals surface area (Å²) >= 11 is 3.36. The number of nitrogens with one attached hydrogen (secondary N) is 2. The van der Waals surface area contributed by atoms with Crippen LogP contribution in [0.25, 0.3) is 0 Å². The van der Waals surface area contributed by atoms with Crippen molar-refractivity contribution in [2.75, 3.05) is 18.9 Å². The minimum atomic E-state index is 0.0292. The molecule has 0 aliphatic rings. The number of anilines is 1. The Morgan fingerprint density at radius 1 is 1.53 bits per heavy atom. The van der Waals surface area contributed by atoms with E-state index < -0.39 is 0 Å². The maximum Gasteiger partial charge on any atom is 0.219 e. The summed E-state index contributed by atoms with van der Waals surface area (Å²) in [6.45, 7) is 0.665. The van der Waals surface area contributed by atoms with Crippen molar-refractivity contribution in [1.82, 2.24) is 5.32 Å². The molecule has 1 aromatic carbocycles. The smallest absolute Gasteiger partial charge is 0.219 e. The summed E-state index contributed by atoms with van der Waals surface area (Å²) < 4.78 is 0.922. The maximum atomic E-state index is 11.0. The molecule has 2 N–H and O–H groups in total. The van der Waals surface area contributed by atoms with Crippen LogP contribution in [0.1, 0.15) is 18.4 Å². The molecule has 0 saturated heterocycles. The maximum absolute atomic E-state index is 11.0. The molecule has 90 valence electrons. The molecule has 0 radical (unpaired) electrons. The second kappa shape index (κ2) is 6.92. The Bertz CT molecular complexity index is 440. The van der Waals surface area contributed by atoms with Gasteiger partial charge in [-0.1, -0.05) is 15.9 Å².